The molecule has 5 aromatic rings. The third-order valence-corrected chi connectivity index (χ3v) is 7.53. The smallest absolute Gasteiger partial charge is 0.335 e. The van der Waals surface area contributed by atoms with Crippen LogP contribution in [0.1, 0.15) is 10.4 Å². The van der Waals surface area contributed by atoms with E-state index in [1.54, 1.807) is 37.6 Å². The van der Waals surface area contributed by atoms with Gasteiger partial charge in [0.1, 0.15) is 12.2 Å². The third-order valence-electron chi connectivity index (χ3n) is 5.71. The van der Waals surface area contributed by atoms with Gasteiger partial charge in [0.2, 0.25) is 5.95 Å². The molecule has 0 fully saturated rings. The van der Waals surface area contributed by atoms with Crippen LogP contribution < -0.4 is 15.9 Å². The molecular formula is C26H23ClN7O5P. The molecule has 3 aromatic carbocycles. The molecule has 0 aliphatic carbocycles. The van der Waals surface area contributed by atoms with Crippen molar-refractivity contribution in [3.63, 3.8) is 0 Å². The largest absolute Gasteiger partial charge is 0.478 e. The average Bonchev–Trinajstić information content (AvgIpc) is 3.34. The van der Waals surface area contributed by atoms with E-state index in [0.717, 1.165) is 22.2 Å². The fourth-order valence-corrected chi connectivity index (χ4v) is 5.20. The number of rotatable bonds is 7. The number of nitrogens with one attached hydrogen (secondary N) is 3. The zero-order valence-corrected chi connectivity index (χ0v) is 22.8. The van der Waals surface area contributed by atoms with Crippen LogP contribution in [-0.4, -0.2) is 49.8 Å². The monoisotopic (exact) mass is 579 g/mol. The van der Waals surface area contributed by atoms with Gasteiger partial charge in [0.15, 0.2) is 11.2 Å². The van der Waals surface area contributed by atoms with Crippen molar-refractivity contribution in [3.05, 3.63) is 88.4 Å². The van der Waals surface area contributed by atoms with Crippen molar-refractivity contribution < 1.29 is 19.7 Å². The Morgan fingerprint density at radius 3 is 2.42 bits per heavy atom. The summed E-state index contributed by atoms with van der Waals surface area (Å²) in [4.78, 5) is 28.1. The predicted octanol–water partition coefficient (Wildman–Crippen LogP) is 6.25. The summed E-state index contributed by atoms with van der Waals surface area (Å²) in [7, 11) is -2.53. The first-order valence-corrected chi connectivity index (χ1v) is 14.6. The fourth-order valence-electron chi connectivity index (χ4n) is 3.90. The average molecular weight is 580 g/mol. The molecule has 12 nitrogen and oxygen atoms in total. The van der Waals surface area contributed by atoms with Gasteiger partial charge in [0.05, 0.1) is 28.7 Å². The molecule has 0 amide bonds. The standard InChI is InChI=1S/C26H22ClN6O3P.HNO2/c1-37(2,36)22-6-4-3-5-21(22)30-24-19(27)14-28-26(31-24)29-17-11-12-20-18(13-17)23(33-32-20)15-7-9-16(10-8-15)25(34)35;2-1-3/h3-14H,1-2H3,(H,32,33)(H,34,35)(H2,28,29,30,31);(H,2,3). The molecule has 14 heteroatoms. The Morgan fingerprint density at radius 1 is 1.05 bits per heavy atom. The molecule has 5 N–H and O–H groups in total. The molecule has 0 saturated carbocycles. The second-order valence-electron chi connectivity index (χ2n) is 8.80. The Hall–Kier alpha value is -4.80. The SMILES string of the molecule is CP(C)(=O)c1ccccc1Nc1nc(Nc2ccc3[nH]nc(-c4ccc(C(=O)O)cc4)c3c2)ncc1Cl.O=NO. The van der Waals surface area contributed by atoms with Crippen LogP contribution in [-0.2, 0) is 4.57 Å². The van der Waals surface area contributed by atoms with Gasteiger partial charge in [-0.05, 0) is 55.8 Å². The highest BCUT2D eigenvalue weighted by Gasteiger charge is 2.17. The van der Waals surface area contributed by atoms with Crippen LogP contribution in [0.2, 0.25) is 5.02 Å². The maximum absolute atomic E-state index is 12.7. The van der Waals surface area contributed by atoms with Crippen molar-refractivity contribution in [2.75, 3.05) is 24.0 Å². The minimum absolute atomic E-state index is 0.207. The first-order chi connectivity index (χ1) is 19.1. The molecule has 5 rings (SSSR count). The molecule has 0 radical (unpaired) electrons. The lowest BCUT2D eigenvalue weighted by atomic mass is 10.1. The topological polar surface area (TPSA) is 183 Å². The summed E-state index contributed by atoms with van der Waals surface area (Å²) in [6, 6.07) is 19.5. The molecule has 204 valence electrons. The second kappa shape index (κ2) is 11.9. The van der Waals surface area contributed by atoms with E-state index in [0.29, 0.717) is 33.5 Å². The van der Waals surface area contributed by atoms with Gasteiger partial charge in [-0.25, -0.2) is 9.78 Å². The number of nitrogens with zero attached hydrogens (tertiary/aromatic N) is 4. The number of aromatic amines is 1. The summed E-state index contributed by atoms with van der Waals surface area (Å²) >= 11 is 6.36. The van der Waals surface area contributed by atoms with Crippen molar-refractivity contribution in [2.45, 2.75) is 0 Å². The number of anilines is 4. The first-order valence-electron chi connectivity index (χ1n) is 11.6. The van der Waals surface area contributed by atoms with Gasteiger partial charge in [-0.1, -0.05) is 35.9 Å². The summed E-state index contributed by atoms with van der Waals surface area (Å²) in [5.41, 5.74) is 3.89. The van der Waals surface area contributed by atoms with Crippen molar-refractivity contribution in [1.82, 2.24) is 20.2 Å². The summed E-state index contributed by atoms with van der Waals surface area (Å²) in [6.45, 7) is 3.42. The highest BCUT2D eigenvalue weighted by Crippen LogP contribution is 2.38. The molecule has 0 saturated heterocycles. The lowest BCUT2D eigenvalue weighted by molar-refractivity contribution is 0.0697. The van der Waals surface area contributed by atoms with Gasteiger partial charge in [0, 0.05) is 21.9 Å². The summed E-state index contributed by atoms with van der Waals surface area (Å²) in [6.07, 6.45) is 1.49. The zero-order valence-electron chi connectivity index (χ0n) is 21.2. The van der Waals surface area contributed by atoms with Crippen LogP contribution in [0, 0.1) is 4.91 Å². The van der Waals surface area contributed by atoms with E-state index in [1.807, 2.05) is 42.5 Å². The fraction of sp³-hybridized carbons (Fsp3) is 0.0769. The molecular weight excluding hydrogens is 557 g/mol. The van der Waals surface area contributed by atoms with Crippen LogP contribution in [0.5, 0.6) is 0 Å². The van der Waals surface area contributed by atoms with Gasteiger partial charge < -0.3 is 25.5 Å². The van der Waals surface area contributed by atoms with Gasteiger partial charge in [0.25, 0.3) is 0 Å². The molecule has 40 heavy (non-hydrogen) atoms. The van der Waals surface area contributed by atoms with E-state index in [2.05, 4.69) is 30.8 Å². The lowest BCUT2D eigenvalue weighted by Gasteiger charge is -2.15. The highest BCUT2D eigenvalue weighted by molar-refractivity contribution is 7.70. The Morgan fingerprint density at radius 2 is 1.75 bits per heavy atom. The molecule has 0 atom stereocenters. The van der Waals surface area contributed by atoms with Crippen LogP contribution in [0.15, 0.2) is 78.3 Å². The first kappa shape index (κ1) is 28.2. The van der Waals surface area contributed by atoms with Crippen LogP contribution >= 0.6 is 18.7 Å². The predicted molar refractivity (Wildman–Crippen MR) is 155 cm³/mol. The number of aromatic carboxylic acids is 1. The number of hydrogen-bond acceptors (Lipinski definition) is 9. The van der Waals surface area contributed by atoms with E-state index in [1.165, 1.54) is 11.5 Å². The molecule has 0 aliphatic heterocycles. The Balaban J connectivity index is 0.00000118. The minimum Gasteiger partial charge on any atom is -0.478 e. The number of H-pyrrole nitrogens is 1. The quantitative estimate of drug-likeness (QED) is 0.0839. The number of carboxylic acids is 1. The van der Waals surface area contributed by atoms with E-state index < -0.39 is 13.1 Å². The second-order valence-corrected chi connectivity index (χ2v) is 12.4. The van der Waals surface area contributed by atoms with E-state index in [4.69, 9.17) is 26.8 Å². The van der Waals surface area contributed by atoms with Crippen molar-refractivity contribution >= 4 is 64.1 Å². The molecule has 0 unspecified atom stereocenters. The highest BCUT2D eigenvalue weighted by atomic mass is 35.5. The van der Waals surface area contributed by atoms with Gasteiger partial charge in [-0.3, -0.25) is 5.10 Å². The number of carbonyl (C=O) groups is 1. The molecule has 0 bridgehead atoms. The molecule has 0 aliphatic rings. The minimum atomic E-state index is -2.53. The van der Waals surface area contributed by atoms with Gasteiger partial charge in [-0.2, -0.15) is 10.1 Å². The number of carboxylic acid groups (broad SMARTS) is 1. The summed E-state index contributed by atoms with van der Waals surface area (Å²) in [5, 5.41) is 32.7. The van der Waals surface area contributed by atoms with Crippen molar-refractivity contribution in [1.29, 1.82) is 0 Å². The van der Waals surface area contributed by atoms with Crippen LogP contribution in [0.25, 0.3) is 22.2 Å². The summed E-state index contributed by atoms with van der Waals surface area (Å²) < 4.78 is 12.7. The number of hydrogen-bond donors (Lipinski definition) is 5. The third kappa shape index (κ3) is 6.42. The van der Waals surface area contributed by atoms with Gasteiger partial charge in [-0.15, -0.1) is 4.91 Å². The number of para-hydroxylation sites is 1. The van der Waals surface area contributed by atoms with Crippen LogP contribution in [0.4, 0.5) is 23.1 Å². The van der Waals surface area contributed by atoms with E-state index in [9.17, 15) is 9.36 Å². The summed E-state index contributed by atoms with van der Waals surface area (Å²) in [5.74, 6) is -0.289. The Labute approximate surface area is 232 Å². The molecule has 2 heterocycles. The molecule has 2 aromatic heterocycles. The number of halogens is 1. The van der Waals surface area contributed by atoms with Crippen molar-refractivity contribution in [2.24, 2.45) is 5.34 Å². The number of benzene rings is 3. The lowest BCUT2D eigenvalue weighted by Crippen LogP contribution is -2.10. The Bertz CT molecular complexity index is 1740. The van der Waals surface area contributed by atoms with Crippen LogP contribution in [0.3, 0.4) is 0 Å². The Kier molecular flexibility index (Phi) is 8.42. The van der Waals surface area contributed by atoms with E-state index in [-0.39, 0.29) is 5.56 Å². The normalized spacial score (nSPS) is 10.9. The maximum Gasteiger partial charge on any atom is 0.335 e. The van der Waals surface area contributed by atoms with Gasteiger partial charge >= 0.3 is 5.97 Å². The van der Waals surface area contributed by atoms with E-state index >= 15 is 0 Å². The molecule has 0 spiro atoms. The maximum atomic E-state index is 12.7. The zero-order chi connectivity index (χ0) is 28.9. The number of fused-ring (bicyclic) bond motifs is 1. The number of aromatic nitrogens is 4. The van der Waals surface area contributed by atoms with Crippen molar-refractivity contribution in [3.8, 4) is 11.3 Å².